The van der Waals surface area contributed by atoms with Gasteiger partial charge < -0.3 is 5.32 Å². The van der Waals surface area contributed by atoms with Crippen molar-refractivity contribution in [3.63, 3.8) is 0 Å². The fourth-order valence-electron chi connectivity index (χ4n) is 1.99. The van der Waals surface area contributed by atoms with Crippen molar-refractivity contribution in [1.82, 2.24) is 9.78 Å². The molecular weight excluding hydrogens is 393 g/mol. The summed E-state index contributed by atoms with van der Waals surface area (Å²) in [7, 11) is 0. The highest BCUT2D eigenvalue weighted by Crippen LogP contribution is 2.18. The maximum absolute atomic E-state index is 12.3. The summed E-state index contributed by atoms with van der Waals surface area (Å²) < 4.78 is 2.46. The summed E-state index contributed by atoms with van der Waals surface area (Å²) >= 11 is 2.22. The Morgan fingerprint density at radius 1 is 1.32 bits per heavy atom. The molecule has 116 valence electrons. The van der Waals surface area contributed by atoms with Crippen LogP contribution in [0.1, 0.15) is 35.8 Å². The molecule has 0 unspecified atom stereocenters. The molecule has 0 spiro atoms. The first-order valence-corrected chi connectivity index (χ1v) is 8.25. The number of nitrogens with one attached hydrogen (secondary N) is 1. The molecule has 0 aliphatic heterocycles. The van der Waals surface area contributed by atoms with Crippen LogP contribution in [0.3, 0.4) is 0 Å². The van der Waals surface area contributed by atoms with Crippen LogP contribution in [0.15, 0.2) is 35.1 Å². The van der Waals surface area contributed by atoms with E-state index in [0.717, 1.165) is 27.7 Å². The lowest BCUT2D eigenvalue weighted by Crippen LogP contribution is -2.26. The van der Waals surface area contributed by atoms with E-state index in [1.807, 2.05) is 32.0 Å². The highest BCUT2D eigenvalue weighted by molar-refractivity contribution is 14.1. The highest BCUT2D eigenvalue weighted by Gasteiger charge is 2.11. The van der Waals surface area contributed by atoms with Gasteiger partial charge in [0.25, 0.3) is 11.5 Å². The van der Waals surface area contributed by atoms with E-state index in [4.69, 9.17) is 0 Å². The Balaban J connectivity index is 2.20. The van der Waals surface area contributed by atoms with Gasteiger partial charge in [0, 0.05) is 21.9 Å². The fourth-order valence-corrected chi connectivity index (χ4v) is 2.64. The number of rotatable bonds is 5. The van der Waals surface area contributed by atoms with Crippen LogP contribution in [0.25, 0.3) is 0 Å². The zero-order valence-electron chi connectivity index (χ0n) is 12.6. The smallest absolute Gasteiger partial charge is 0.276 e. The molecule has 0 aliphatic rings. The summed E-state index contributed by atoms with van der Waals surface area (Å²) in [6.07, 6.45) is 1.82. The minimum absolute atomic E-state index is 0.185. The third kappa shape index (κ3) is 4.16. The Kier molecular flexibility index (Phi) is 5.70. The molecule has 1 aromatic carbocycles. The third-order valence-corrected chi connectivity index (χ3v) is 3.93. The van der Waals surface area contributed by atoms with Gasteiger partial charge in [-0.05, 0) is 65.8 Å². The predicted octanol–water partition coefficient (Wildman–Crippen LogP) is 3.21. The van der Waals surface area contributed by atoms with Crippen LogP contribution in [0.4, 0.5) is 5.69 Å². The van der Waals surface area contributed by atoms with E-state index in [1.165, 1.54) is 16.8 Å². The SMILES string of the molecule is CCCCn1nc(C(=O)Nc2ccc(I)cc2C)ccc1=O. The summed E-state index contributed by atoms with van der Waals surface area (Å²) in [4.78, 5) is 24.0. The molecule has 0 aliphatic carbocycles. The summed E-state index contributed by atoms with van der Waals surface area (Å²) in [5, 5.41) is 6.98. The lowest BCUT2D eigenvalue weighted by atomic mass is 10.2. The maximum atomic E-state index is 12.3. The number of aromatic nitrogens is 2. The third-order valence-electron chi connectivity index (χ3n) is 3.26. The van der Waals surface area contributed by atoms with Gasteiger partial charge in [-0.15, -0.1) is 0 Å². The van der Waals surface area contributed by atoms with Crippen molar-refractivity contribution >= 4 is 34.2 Å². The van der Waals surface area contributed by atoms with Crippen molar-refractivity contribution in [2.45, 2.75) is 33.2 Å². The molecular formula is C16H18IN3O2. The van der Waals surface area contributed by atoms with Gasteiger partial charge in [-0.3, -0.25) is 9.59 Å². The second-order valence-electron chi connectivity index (χ2n) is 5.05. The number of carbonyl (C=O) groups excluding carboxylic acids is 1. The van der Waals surface area contributed by atoms with Crippen molar-refractivity contribution in [1.29, 1.82) is 0 Å². The van der Waals surface area contributed by atoms with Crippen molar-refractivity contribution in [2.75, 3.05) is 5.32 Å². The molecule has 2 rings (SSSR count). The summed E-state index contributed by atoms with van der Waals surface area (Å²) in [5.74, 6) is -0.311. The van der Waals surface area contributed by atoms with E-state index >= 15 is 0 Å². The van der Waals surface area contributed by atoms with E-state index in [9.17, 15) is 9.59 Å². The van der Waals surface area contributed by atoms with E-state index in [-0.39, 0.29) is 17.2 Å². The van der Waals surface area contributed by atoms with Gasteiger partial charge in [0.05, 0.1) is 0 Å². The van der Waals surface area contributed by atoms with Gasteiger partial charge in [-0.2, -0.15) is 5.10 Å². The molecule has 0 radical (unpaired) electrons. The first-order chi connectivity index (χ1) is 10.5. The summed E-state index contributed by atoms with van der Waals surface area (Å²) in [6.45, 7) is 4.51. The number of unbranched alkanes of at least 4 members (excludes halogenated alkanes) is 1. The van der Waals surface area contributed by atoms with Gasteiger partial charge in [0.15, 0.2) is 0 Å². The Morgan fingerprint density at radius 3 is 2.77 bits per heavy atom. The molecule has 6 heteroatoms. The predicted molar refractivity (Wildman–Crippen MR) is 95.3 cm³/mol. The molecule has 1 heterocycles. The molecule has 0 saturated carbocycles. The molecule has 1 aromatic heterocycles. The number of aryl methyl sites for hydroxylation is 2. The number of hydrogen-bond donors (Lipinski definition) is 1. The van der Waals surface area contributed by atoms with Gasteiger partial charge in [-0.1, -0.05) is 13.3 Å². The number of carbonyl (C=O) groups is 1. The van der Waals surface area contributed by atoms with Crippen molar-refractivity contribution in [3.05, 3.63) is 55.5 Å². The lowest BCUT2D eigenvalue weighted by molar-refractivity contribution is 0.101. The summed E-state index contributed by atoms with van der Waals surface area (Å²) in [5.41, 5.74) is 1.79. The van der Waals surface area contributed by atoms with E-state index in [0.29, 0.717) is 6.54 Å². The minimum atomic E-state index is -0.311. The second kappa shape index (κ2) is 7.53. The van der Waals surface area contributed by atoms with Gasteiger partial charge in [0.2, 0.25) is 0 Å². The van der Waals surface area contributed by atoms with Crippen LogP contribution in [-0.2, 0) is 6.54 Å². The maximum Gasteiger partial charge on any atom is 0.276 e. The number of anilines is 1. The average Bonchev–Trinajstić information content (AvgIpc) is 2.49. The molecule has 1 amide bonds. The topological polar surface area (TPSA) is 64.0 Å². The molecule has 22 heavy (non-hydrogen) atoms. The fraction of sp³-hybridized carbons (Fsp3) is 0.312. The van der Waals surface area contributed by atoms with Crippen LogP contribution in [0.2, 0.25) is 0 Å². The lowest BCUT2D eigenvalue weighted by Gasteiger charge is -2.09. The average molecular weight is 411 g/mol. The molecule has 5 nitrogen and oxygen atoms in total. The zero-order chi connectivity index (χ0) is 16.1. The monoisotopic (exact) mass is 411 g/mol. The number of halogens is 1. The Hall–Kier alpha value is -1.70. The number of nitrogens with zero attached hydrogens (tertiary/aromatic N) is 2. The minimum Gasteiger partial charge on any atom is -0.320 e. The number of benzene rings is 1. The molecule has 0 bridgehead atoms. The molecule has 1 N–H and O–H groups in total. The van der Waals surface area contributed by atoms with Crippen molar-refractivity contribution in [3.8, 4) is 0 Å². The quantitative estimate of drug-likeness (QED) is 0.769. The first-order valence-electron chi connectivity index (χ1n) is 7.17. The normalized spacial score (nSPS) is 10.5. The Morgan fingerprint density at radius 2 is 2.09 bits per heavy atom. The van der Waals surface area contributed by atoms with E-state index in [2.05, 4.69) is 33.0 Å². The second-order valence-corrected chi connectivity index (χ2v) is 6.29. The highest BCUT2D eigenvalue weighted by atomic mass is 127. The van der Waals surface area contributed by atoms with Gasteiger partial charge in [0.1, 0.15) is 5.69 Å². The van der Waals surface area contributed by atoms with Crippen molar-refractivity contribution < 1.29 is 4.79 Å². The van der Waals surface area contributed by atoms with Crippen molar-refractivity contribution in [2.24, 2.45) is 0 Å². The van der Waals surface area contributed by atoms with E-state index in [1.54, 1.807) is 0 Å². The van der Waals surface area contributed by atoms with E-state index < -0.39 is 0 Å². The molecule has 2 aromatic rings. The van der Waals surface area contributed by atoms with Crippen LogP contribution in [-0.4, -0.2) is 15.7 Å². The number of amides is 1. The number of hydrogen-bond acceptors (Lipinski definition) is 3. The molecule has 0 saturated heterocycles. The van der Waals surface area contributed by atoms with Crippen LogP contribution in [0.5, 0.6) is 0 Å². The standard InChI is InChI=1S/C16H18IN3O2/c1-3-4-9-20-15(21)8-7-14(19-20)16(22)18-13-6-5-12(17)10-11(13)2/h5-8,10H,3-4,9H2,1-2H3,(H,18,22). The Bertz CT molecular complexity index is 740. The zero-order valence-corrected chi connectivity index (χ0v) is 14.8. The largest absolute Gasteiger partial charge is 0.320 e. The molecule has 0 atom stereocenters. The van der Waals surface area contributed by atoms with Crippen LogP contribution < -0.4 is 10.9 Å². The van der Waals surface area contributed by atoms with Gasteiger partial charge >= 0.3 is 0 Å². The van der Waals surface area contributed by atoms with Gasteiger partial charge in [-0.25, -0.2) is 4.68 Å². The molecule has 0 fully saturated rings. The van der Waals surface area contributed by atoms with Crippen LogP contribution >= 0.6 is 22.6 Å². The Labute approximate surface area is 142 Å². The first kappa shape index (κ1) is 16.7. The van der Waals surface area contributed by atoms with Crippen LogP contribution in [0, 0.1) is 10.5 Å². The summed E-state index contributed by atoms with van der Waals surface area (Å²) in [6, 6.07) is 8.63.